The third-order valence-electron chi connectivity index (χ3n) is 2.76. The molecule has 1 aromatic rings. The van der Waals surface area contributed by atoms with Gasteiger partial charge in [-0.05, 0) is 19.8 Å². The molecule has 1 fully saturated rings. The Bertz CT molecular complexity index is 316. The second kappa shape index (κ2) is 3.92. The van der Waals surface area contributed by atoms with Crippen LogP contribution >= 0.6 is 0 Å². The zero-order chi connectivity index (χ0) is 9.97. The molecule has 4 nitrogen and oxygen atoms in total. The van der Waals surface area contributed by atoms with Gasteiger partial charge in [0, 0.05) is 6.61 Å². The summed E-state index contributed by atoms with van der Waals surface area (Å²) >= 11 is 0. The Morgan fingerprint density at radius 3 is 3.29 bits per heavy atom. The molecule has 14 heavy (non-hydrogen) atoms. The van der Waals surface area contributed by atoms with Gasteiger partial charge in [0.1, 0.15) is 5.69 Å². The van der Waals surface area contributed by atoms with Gasteiger partial charge in [0.2, 0.25) is 0 Å². The molecule has 0 N–H and O–H groups in total. The summed E-state index contributed by atoms with van der Waals surface area (Å²) in [6.07, 6.45) is 6.51. The average molecular weight is 194 g/mol. The van der Waals surface area contributed by atoms with Gasteiger partial charge in [0.25, 0.3) is 0 Å². The van der Waals surface area contributed by atoms with Crippen molar-refractivity contribution in [2.75, 3.05) is 6.61 Å². The van der Waals surface area contributed by atoms with Crippen LogP contribution in [0.3, 0.4) is 0 Å². The van der Waals surface area contributed by atoms with Crippen molar-refractivity contribution in [1.82, 2.24) is 9.55 Å². The van der Waals surface area contributed by atoms with Gasteiger partial charge in [-0.25, -0.2) is 4.98 Å². The summed E-state index contributed by atoms with van der Waals surface area (Å²) in [5, 5.41) is 0. The Balaban J connectivity index is 2.16. The highest BCUT2D eigenvalue weighted by molar-refractivity contribution is 5.71. The minimum Gasteiger partial charge on any atom is -0.376 e. The first kappa shape index (κ1) is 9.40. The predicted octanol–water partition coefficient (Wildman–Crippen LogP) is 1.44. The van der Waals surface area contributed by atoms with E-state index in [2.05, 4.69) is 11.9 Å². The largest absolute Gasteiger partial charge is 0.376 e. The molecule has 0 bridgehead atoms. The number of aromatic nitrogens is 2. The standard InChI is InChI=1S/C10H14N2O2/c1-8(10-3-2-4-14-10)12-7-11-5-9(12)6-13/h5-8,10H,2-4H2,1H3. The number of ether oxygens (including phenoxy) is 1. The van der Waals surface area contributed by atoms with E-state index < -0.39 is 0 Å². The molecule has 2 heterocycles. The van der Waals surface area contributed by atoms with E-state index in [1.807, 2.05) is 4.57 Å². The van der Waals surface area contributed by atoms with E-state index in [-0.39, 0.29) is 12.1 Å². The Kier molecular flexibility index (Phi) is 2.63. The van der Waals surface area contributed by atoms with Gasteiger partial charge in [0.05, 0.1) is 24.7 Å². The number of hydrogen-bond donors (Lipinski definition) is 0. The van der Waals surface area contributed by atoms with Gasteiger partial charge < -0.3 is 9.30 Å². The topological polar surface area (TPSA) is 44.1 Å². The first-order valence-electron chi connectivity index (χ1n) is 4.91. The van der Waals surface area contributed by atoms with E-state index in [0.717, 1.165) is 25.7 Å². The summed E-state index contributed by atoms with van der Waals surface area (Å²) in [6.45, 7) is 2.89. The monoisotopic (exact) mass is 194 g/mol. The van der Waals surface area contributed by atoms with Gasteiger partial charge in [-0.2, -0.15) is 0 Å². The summed E-state index contributed by atoms with van der Waals surface area (Å²) in [6, 6.07) is 0.195. The number of hydrogen-bond acceptors (Lipinski definition) is 3. The van der Waals surface area contributed by atoms with Crippen molar-refractivity contribution in [3.63, 3.8) is 0 Å². The molecule has 0 aliphatic carbocycles. The summed E-state index contributed by atoms with van der Waals surface area (Å²) < 4.78 is 7.45. The van der Waals surface area contributed by atoms with Crippen molar-refractivity contribution in [3.8, 4) is 0 Å². The number of imidazole rings is 1. The SMILES string of the molecule is CC(C1CCCO1)n1cncc1C=O. The maximum Gasteiger partial charge on any atom is 0.168 e. The van der Waals surface area contributed by atoms with Crippen LogP contribution in [0.25, 0.3) is 0 Å². The van der Waals surface area contributed by atoms with Crippen molar-refractivity contribution < 1.29 is 9.53 Å². The average Bonchev–Trinajstić information content (AvgIpc) is 2.87. The molecule has 1 saturated heterocycles. The first-order valence-corrected chi connectivity index (χ1v) is 4.91. The fraction of sp³-hybridized carbons (Fsp3) is 0.600. The van der Waals surface area contributed by atoms with Crippen molar-refractivity contribution >= 4 is 6.29 Å². The van der Waals surface area contributed by atoms with E-state index in [4.69, 9.17) is 4.74 Å². The fourth-order valence-electron chi connectivity index (χ4n) is 1.91. The van der Waals surface area contributed by atoms with Crippen LogP contribution in [0.4, 0.5) is 0 Å². The van der Waals surface area contributed by atoms with Crippen LogP contribution in [0.15, 0.2) is 12.5 Å². The summed E-state index contributed by atoms with van der Waals surface area (Å²) in [4.78, 5) is 14.7. The molecule has 2 unspecified atom stereocenters. The Morgan fingerprint density at radius 1 is 1.79 bits per heavy atom. The quantitative estimate of drug-likeness (QED) is 0.684. The van der Waals surface area contributed by atoms with Crippen molar-refractivity contribution in [3.05, 3.63) is 18.2 Å². The van der Waals surface area contributed by atoms with E-state index in [1.165, 1.54) is 0 Å². The van der Waals surface area contributed by atoms with Crippen LogP contribution in [0, 0.1) is 0 Å². The van der Waals surface area contributed by atoms with Crippen LogP contribution < -0.4 is 0 Å². The minimum absolute atomic E-state index is 0.195. The Labute approximate surface area is 82.9 Å². The summed E-state index contributed by atoms with van der Waals surface area (Å²) in [5.74, 6) is 0. The molecule has 0 amide bonds. The maximum absolute atomic E-state index is 10.7. The molecule has 0 spiro atoms. The summed E-state index contributed by atoms with van der Waals surface area (Å²) in [7, 11) is 0. The van der Waals surface area contributed by atoms with E-state index in [1.54, 1.807) is 12.5 Å². The molecule has 0 saturated carbocycles. The highest BCUT2D eigenvalue weighted by atomic mass is 16.5. The van der Waals surface area contributed by atoms with Gasteiger partial charge in [-0.1, -0.05) is 0 Å². The number of carbonyl (C=O) groups is 1. The van der Waals surface area contributed by atoms with Gasteiger partial charge in [0.15, 0.2) is 6.29 Å². The molecule has 0 aromatic carbocycles. The molecular formula is C10H14N2O2. The minimum atomic E-state index is 0.195. The zero-order valence-corrected chi connectivity index (χ0v) is 8.22. The molecule has 4 heteroatoms. The summed E-state index contributed by atoms with van der Waals surface area (Å²) in [5.41, 5.74) is 0.619. The number of nitrogens with zero attached hydrogens (tertiary/aromatic N) is 2. The molecule has 76 valence electrons. The van der Waals surface area contributed by atoms with Crippen molar-refractivity contribution in [2.24, 2.45) is 0 Å². The van der Waals surface area contributed by atoms with Crippen molar-refractivity contribution in [1.29, 1.82) is 0 Å². The second-order valence-corrected chi connectivity index (χ2v) is 3.64. The lowest BCUT2D eigenvalue weighted by atomic mass is 10.1. The molecule has 0 radical (unpaired) electrons. The zero-order valence-electron chi connectivity index (χ0n) is 8.22. The Hall–Kier alpha value is -1.16. The van der Waals surface area contributed by atoms with Crippen LogP contribution in [-0.2, 0) is 4.74 Å². The second-order valence-electron chi connectivity index (χ2n) is 3.64. The Morgan fingerprint density at radius 2 is 2.64 bits per heavy atom. The van der Waals surface area contributed by atoms with E-state index in [9.17, 15) is 4.79 Å². The predicted molar refractivity (Wildman–Crippen MR) is 51.3 cm³/mol. The van der Waals surface area contributed by atoms with E-state index in [0.29, 0.717) is 5.69 Å². The number of carbonyl (C=O) groups excluding carboxylic acids is 1. The lowest BCUT2D eigenvalue weighted by Crippen LogP contribution is -2.21. The number of aldehydes is 1. The molecule has 2 rings (SSSR count). The molecular weight excluding hydrogens is 180 g/mol. The van der Waals surface area contributed by atoms with Gasteiger partial charge >= 0.3 is 0 Å². The normalized spacial score (nSPS) is 23.6. The number of rotatable bonds is 3. The first-order chi connectivity index (χ1) is 6.83. The maximum atomic E-state index is 10.7. The lowest BCUT2D eigenvalue weighted by molar-refractivity contribution is 0.0721. The third kappa shape index (κ3) is 1.57. The lowest BCUT2D eigenvalue weighted by Gasteiger charge is -2.20. The van der Waals surface area contributed by atoms with E-state index >= 15 is 0 Å². The highest BCUT2D eigenvalue weighted by Gasteiger charge is 2.24. The molecule has 1 aromatic heterocycles. The van der Waals surface area contributed by atoms with Crippen LogP contribution in [0.1, 0.15) is 36.3 Å². The molecule has 1 aliphatic rings. The van der Waals surface area contributed by atoms with Crippen LogP contribution in [0.2, 0.25) is 0 Å². The van der Waals surface area contributed by atoms with Crippen molar-refractivity contribution in [2.45, 2.75) is 31.9 Å². The van der Waals surface area contributed by atoms with Crippen LogP contribution in [-0.4, -0.2) is 28.5 Å². The smallest absolute Gasteiger partial charge is 0.168 e. The third-order valence-corrected chi connectivity index (χ3v) is 2.76. The van der Waals surface area contributed by atoms with Crippen LogP contribution in [0.5, 0.6) is 0 Å². The van der Waals surface area contributed by atoms with Gasteiger partial charge in [-0.3, -0.25) is 4.79 Å². The highest BCUT2D eigenvalue weighted by Crippen LogP contribution is 2.24. The van der Waals surface area contributed by atoms with Gasteiger partial charge in [-0.15, -0.1) is 0 Å². The fourth-order valence-corrected chi connectivity index (χ4v) is 1.91. The molecule has 2 atom stereocenters. The molecule has 1 aliphatic heterocycles.